The quantitative estimate of drug-likeness (QED) is 0.743. The highest BCUT2D eigenvalue weighted by atomic mass is 79.9. The fraction of sp³-hybridized carbons (Fsp3) is 0.647. The van der Waals surface area contributed by atoms with Crippen molar-refractivity contribution in [1.29, 1.82) is 0 Å². The monoisotopic (exact) mass is 355 g/mol. The van der Waals surface area contributed by atoms with Gasteiger partial charge in [0.05, 0.1) is 6.61 Å². The number of hydrogen-bond donors (Lipinski definition) is 2. The maximum absolute atomic E-state index is 9.66. The number of aliphatic hydroxyl groups excluding tert-OH is 1. The maximum atomic E-state index is 9.66. The molecule has 0 aliphatic heterocycles. The zero-order valence-electron chi connectivity index (χ0n) is 12.8. The van der Waals surface area contributed by atoms with Crippen molar-refractivity contribution < 1.29 is 9.84 Å². The molecule has 1 aromatic carbocycles. The van der Waals surface area contributed by atoms with Crippen LogP contribution in [0.3, 0.4) is 0 Å². The Kier molecular flexibility index (Phi) is 6.52. The first kappa shape index (κ1) is 16.8. The van der Waals surface area contributed by atoms with Gasteiger partial charge >= 0.3 is 0 Å². The van der Waals surface area contributed by atoms with Crippen molar-refractivity contribution in [3.05, 3.63) is 28.2 Å². The number of rotatable bonds is 8. The molecule has 0 heterocycles. The summed E-state index contributed by atoms with van der Waals surface area (Å²) in [6, 6.07) is 6.15. The fourth-order valence-electron chi connectivity index (χ4n) is 3.02. The Labute approximate surface area is 136 Å². The van der Waals surface area contributed by atoms with Crippen molar-refractivity contribution in [3.8, 4) is 5.75 Å². The van der Waals surface area contributed by atoms with E-state index in [-0.39, 0.29) is 12.0 Å². The highest BCUT2D eigenvalue weighted by Gasteiger charge is 2.32. The molecule has 1 aromatic rings. The number of ether oxygens (including phenoxy) is 1. The maximum Gasteiger partial charge on any atom is 0.123 e. The van der Waals surface area contributed by atoms with E-state index in [4.69, 9.17) is 4.74 Å². The van der Waals surface area contributed by atoms with Gasteiger partial charge in [-0.2, -0.15) is 0 Å². The van der Waals surface area contributed by atoms with Crippen LogP contribution in [0.1, 0.15) is 44.6 Å². The second-order valence-electron chi connectivity index (χ2n) is 6.07. The third kappa shape index (κ3) is 4.70. The van der Waals surface area contributed by atoms with E-state index in [0.717, 1.165) is 49.2 Å². The molecule has 118 valence electrons. The number of halogens is 1. The Balaban J connectivity index is 1.93. The largest absolute Gasteiger partial charge is 0.493 e. The summed E-state index contributed by atoms with van der Waals surface area (Å²) in [7, 11) is 0. The fourth-order valence-corrected chi connectivity index (χ4v) is 3.43. The molecular formula is C17H26BrNO2. The van der Waals surface area contributed by atoms with E-state index in [1.165, 1.54) is 18.4 Å². The summed E-state index contributed by atoms with van der Waals surface area (Å²) in [5.41, 5.74) is 1.26. The smallest absolute Gasteiger partial charge is 0.123 e. The topological polar surface area (TPSA) is 41.5 Å². The Bertz CT molecular complexity index is 444. The summed E-state index contributed by atoms with van der Waals surface area (Å²) in [5.74, 6) is 0.956. The van der Waals surface area contributed by atoms with E-state index in [2.05, 4.69) is 34.2 Å². The summed E-state index contributed by atoms with van der Waals surface area (Å²) in [6.45, 7) is 4.80. The average Bonchev–Trinajstić information content (AvgIpc) is 2.96. The Morgan fingerprint density at radius 2 is 2.10 bits per heavy atom. The van der Waals surface area contributed by atoms with Gasteiger partial charge in [0, 0.05) is 35.1 Å². The van der Waals surface area contributed by atoms with Crippen LogP contribution < -0.4 is 10.1 Å². The van der Waals surface area contributed by atoms with E-state index >= 15 is 0 Å². The van der Waals surface area contributed by atoms with E-state index in [1.807, 2.05) is 12.1 Å². The molecule has 0 radical (unpaired) electrons. The van der Waals surface area contributed by atoms with Crippen LogP contribution in [0.4, 0.5) is 0 Å². The second kappa shape index (κ2) is 8.16. The first-order valence-electron chi connectivity index (χ1n) is 7.92. The standard InChI is InChI=1S/C17H26BrNO2/c1-2-9-21-16-6-5-15(18)10-14(16)11-19-12-17(13-20)7-3-4-8-17/h5-6,10,19-20H,2-4,7-9,11-13H2,1H3. The molecule has 2 rings (SSSR count). The zero-order chi connectivity index (χ0) is 15.1. The van der Waals surface area contributed by atoms with Crippen molar-refractivity contribution in [3.63, 3.8) is 0 Å². The van der Waals surface area contributed by atoms with Crippen LogP contribution in [0.15, 0.2) is 22.7 Å². The molecule has 0 unspecified atom stereocenters. The van der Waals surface area contributed by atoms with E-state index in [1.54, 1.807) is 0 Å². The van der Waals surface area contributed by atoms with Gasteiger partial charge in [0.15, 0.2) is 0 Å². The summed E-state index contributed by atoms with van der Waals surface area (Å²) >= 11 is 3.52. The molecule has 3 nitrogen and oxygen atoms in total. The van der Waals surface area contributed by atoms with Gasteiger partial charge in [-0.25, -0.2) is 0 Å². The van der Waals surface area contributed by atoms with Crippen LogP contribution in [0.25, 0.3) is 0 Å². The molecule has 0 amide bonds. The van der Waals surface area contributed by atoms with E-state index < -0.39 is 0 Å². The third-order valence-corrected chi connectivity index (χ3v) is 4.79. The Hall–Kier alpha value is -0.580. The Morgan fingerprint density at radius 3 is 2.76 bits per heavy atom. The average molecular weight is 356 g/mol. The predicted octanol–water partition coefficient (Wildman–Crippen LogP) is 3.88. The number of aliphatic hydroxyl groups is 1. The molecule has 0 aromatic heterocycles. The molecule has 0 spiro atoms. The normalized spacial score (nSPS) is 17.1. The lowest BCUT2D eigenvalue weighted by Gasteiger charge is -2.27. The predicted molar refractivity (Wildman–Crippen MR) is 89.6 cm³/mol. The first-order valence-corrected chi connectivity index (χ1v) is 8.71. The molecule has 0 saturated heterocycles. The van der Waals surface area contributed by atoms with Crippen LogP contribution in [0.5, 0.6) is 5.75 Å². The lowest BCUT2D eigenvalue weighted by atomic mass is 9.87. The van der Waals surface area contributed by atoms with Gasteiger partial charge in [-0.15, -0.1) is 0 Å². The van der Waals surface area contributed by atoms with Crippen LogP contribution >= 0.6 is 15.9 Å². The lowest BCUT2D eigenvalue weighted by molar-refractivity contribution is 0.128. The molecule has 1 saturated carbocycles. The van der Waals surface area contributed by atoms with Gasteiger partial charge in [0.25, 0.3) is 0 Å². The van der Waals surface area contributed by atoms with E-state index in [9.17, 15) is 5.11 Å². The van der Waals surface area contributed by atoms with Gasteiger partial charge in [0.1, 0.15) is 5.75 Å². The molecule has 2 N–H and O–H groups in total. The highest BCUT2D eigenvalue weighted by molar-refractivity contribution is 9.10. The summed E-state index contributed by atoms with van der Waals surface area (Å²) in [5, 5.41) is 13.2. The second-order valence-corrected chi connectivity index (χ2v) is 6.98. The van der Waals surface area contributed by atoms with Gasteiger partial charge < -0.3 is 15.2 Å². The van der Waals surface area contributed by atoms with E-state index in [0.29, 0.717) is 0 Å². The number of hydrogen-bond acceptors (Lipinski definition) is 3. The van der Waals surface area contributed by atoms with Crippen LogP contribution in [0.2, 0.25) is 0 Å². The molecule has 1 aliphatic carbocycles. The molecule has 4 heteroatoms. The first-order chi connectivity index (χ1) is 10.2. The van der Waals surface area contributed by atoms with Crippen molar-refractivity contribution in [2.45, 2.75) is 45.6 Å². The van der Waals surface area contributed by atoms with Gasteiger partial charge in [-0.3, -0.25) is 0 Å². The van der Waals surface area contributed by atoms with Crippen LogP contribution in [0, 0.1) is 5.41 Å². The molecule has 21 heavy (non-hydrogen) atoms. The zero-order valence-corrected chi connectivity index (χ0v) is 14.4. The lowest BCUT2D eigenvalue weighted by Crippen LogP contribution is -2.34. The van der Waals surface area contributed by atoms with Crippen LogP contribution in [-0.4, -0.2) is 24.9 Å². The third-order valence-electron chi connectivity index (χ3n) is 4.30. The van der Waals surface area contributed by atoms with Crippen molar-refractivity contribution in [2.24, 2.45) is 5.41 Å². The molecule has 1 fully saturated rings. The molecule has 0 bridgehead atoms. The minimum atomic E-state index is 0.0937. The van der Waals surface area contributed by atoms with Crippen molar-refractivity contribution in [2.75, 3.05) is 19.8 Å². The summed E-state index contributed by atoms with van der Waals surface area (Å²) in [4.78, 5) is 0. The minimum absolute atomic E-state index is 0.0937. The summed E-state index contributed by atoms with van der Waals surface area (Å²) in [6.07, 6.45) is 5.76. The number of nitrogens with one attached hydrogen (secondary N) is 1. The van der Waals surface area contributed by atoms with Crippen molar-refractivity contribution in [1.82, 2.24) is 5.32 Å². The number of benzene rings is 1. The van der Waals surface area contributed by atoms with Crippen LogP contribution in [-0.2, 0) is 6.54 Å². The SMILES string of the molecule is CCCOc1ccc(Br)cc1CNCC1(CO)CCCC1. The van der Waals surface area contributed by atoms with Gasteiger partial charge in [-0.05, 0) is 37.5 Å². The summed E-state index contributed by atoms with van der Waals surface area (Å²) < 4.78 is 6.88. The Morgan fingerprint density at radius 1 is 1.33 bits per heavy atom. The molecule has 0 atom stereocenters. The van der Waals surface area contributed by atoms with Crippen molar-refractivity contribution >= 4 is 15.9 Å². The van der Waals surface area contributed by atoms with Gasteiger partial charge in [-0.1, -0.05) is 35.7 Å². The minimum Gasteiger partial charge on any atom is -0.493 e. The molecule has 1 aliphatic rings. The van der Waals surface area contributed by atoms with Gasteiger partial charge in [0.2, 0.25) is 0 Å². The highest BCUT2D eigenvalue weighted by Crippen LogP contribution is 2.37. The molecular weight excluding hydrogens is 330 g/mol.